The van der Waals surface area contributed by atoms with E-state index in [-0.39, 0.29) is 6.10 Å². The lowest BCUT2D eigenvalue weighted by Crippen LogP contribution is -2.44. The van der Waals surface area contributed by atoms with Gasteiger partial charge in [0.1, 0.15) is 0 Å². The van der Waals surface area contributed by atoms with Crippen LogP contribution in [0.4, 0.5) is 5.69 Å². The van der Waals surface area contributed by atoms with Crippen molar-refractivity contribution in [2.24, 2.45) is 0 Å². The summed E-state index contributed by atoms with van der Waals surface area (Å²) in [6.07, 6.45) is -0.374. The summed E-state index contributed by atoms with van der Waals surface area (Å²) in [7, 11) is 2.16. The van der Waals surface area contributed by atoms with Gasteiger partial charge in [0, 0.05) is 31.9 Å². The number of hydrogen-bond acceptors (Lipinski definition) is 3. The molecule has 0 amide bonds. The summed E-state index contributed by atoms with van der Waals surface area (Å²) in [5, 5.41) is 9.44. The van der Waals surface area contributed by atoms with Crippen LogP contribution >= 0.6 is 0 Å². The van der Waals surface area contributed by atoms with E-state index in [1.54, 1.807) is 6.92 Å². The van der Waals surface area contributed by atoms with Crippen molar-refractivity contribution in [3.05, 3.63) is 29.8 Å². The van der Waals surface area contributed by atoms with Gasteiger partial charge in [0.25, 0.3) is 0 Å². The van der Waals surface area contributed by atoms with E-state index >= 15 is 0 Å². The van der Waals surface area contributed by atoms with Gasteiger partial charge in [-0.3, -0.25) is 0 Å². The molecule has 88 valence electrons. The first-order chi connectivity index (χ1) is 7.66. The second-order valence-corrected chi connectivity index (χ2v) is 4.56. The fourth-order valence-corrected chi connectivity index (χ4v) is 2.03. The van der Waals surface area contributed by atoms with E-state index in [2.05, 4.69) is 29.0 Å². The van der Waals surface area contributed by atoms with Gasteiger partial charge in [-0.15, -0.1) is 0 Å². The molecule has 0 unspecified atom stereocenters. The third kappa shape index (κ3) is 2.54. The Bertz CT molecular complexity index is 326. The molecule has 3 heteroatoms. The summed E-state index contributed by atoms with van der Waals surface area (Å²) in [5.41, 5.74) is 2.25. The van der Waals surface area contributed by atoms with Crippen LogP contribution < -0.4 is 4.90 Å². The Kier molecular flexibility index (Phi) is 3.46. The van der Waals surface area contributed by atoms with Crippen molar-refractivity contribution >= 4 is 5.69 Å². The van der Waals surface area contributed by atoms with Crippen LogP contribution in [0.15, 0.2) is 24.3 Å². The number of hydrogen-bond donors (Lipinski definition) is 1. The summed E-state index contributed by atoms with van der Waals surface area (Å²) >= 11 is 0. The maximum atomic E-state index is 9.44. The molecule has 0 radical (unpaired) electrons. The Balaban J connectivity index is 2.04. The van der Waals surface area contributed by atoms with Gasteiger partial charge in [0.05, 0.1) is 6.10 Å². The average molecular weight is 220 g/mol. The molecule has 16 heavy (non-hydrogen) atoms. The number of benzene rings is 1. The second kappa shape index (κ2) is 4.85. The van der Waals surface area contributed by atoms with Crippen LogP contribution in [0.2, 0.25) is 0 Å². The number of piperazine rings is 1. The van der Waals surface area contributed by atoms with Crippen LogP contribution in [-0.2, 0) is 0 Å². The Morgan fingerprint density at radius 3 is 2.12 bits per heavy atom. The minimum absolute atomic E-state index is 0.374. The van der Waals surface area contributed by atoms with Gasteiger partial charge in [-0.2, -0.15) is 0 Å². The predicted octanol–water partition coefficient (Wildman–Crippen LogP) is 1.49. The maximum Gasteiger partial charge on any atom is 0.0761 e. The smallest absolute Gasteiger partial charge is 0.0761 e. The van der Waals surface area contributed by atoms with Crippen molar-refractivity contribution in [3.63, 3.8) is 0 Å². The van der Waals surface area contributed by atoms with Gasteiger partial charge in [0.2, 0.25) is 0 Å². The highest BCUT2D eigenvalue weighted by Gasteiger charge is 2.14. The highest BCUT2D eigenvalue weighted by Crippen LogP contribution is 2.19. The summed E-state index contributed by atoms with van der Waals surface area (Å²) in [6, 6.07) is 8.23. The quantitative estimate of drug-likeness (QED) is 0.818. The van der Waals surface area contributed by atoms with Gasteiger partial charge in [-0.1, -0.05) is 12.1 Å². The van der Waals surface area contributed by atoms with Crippen LogP contribution in [0.5, 0.6) is 0 Å². The van der Waals surface area contributed by atoms with Gasteiger partial charge in [-0.25, -0.2) is 0 Å². The van der Waals surface area contributed by atoms with Crippen LogP contribution in [-0.4, -0.2) is 43.2 Å². The van der Waals surface area contributed by atoms with Crippen molar-refractivity contribution in [2.45, 2.75) is 13.0 Å². The SMILES string of the molecule is C[C@@H](O)c1ccc(N2CCN(C)CC2)cc1. The lowest BCUT2D eigenvalue weighted by atomic mass is 10.1. The van der Waals surface area contributed by atoms with Crippen LogP contribution in [0.1, 0.15) is 18.6 Å². The van der Waals surface area contributed by atoms with Crippen molar-refractivity contribution < 1.29 is 5.11 Å². The molecule has 0 aromatic heterocycles. The largest absolute Gasteiger partial charge is 0.389 e. The lowest BCUT2D eigenvalue weighted by Gasteiger charge is -2.34. The monoisotopic (exact) mass is 220 g/mol. The fraction of sp³-hybridized carbons (Fsp3) is 0.538. The molecule has 2 rings (SSSR count). The predicted molar refractivity (Wildman–Crippen MR) is 66.8 cm³/mol. The average Bonchev–Trinajstić information content (AvgIpc) is 2.30. The number of anilines is 1. The first-order valence-corrected chi connectivity index (χ1v) is 5.88. The van der Waals surface area contributed by atoms with Crippen molar-refractivity contribution in [1.29, 1.82) is 0 Å². The molecule has 1 aromatic rings. The van der Waals surface area contributed by atoms with Gasteiger partial charge in [-0.05, 0) is 31.7 Å². The van der Waals surface area contributed by atoms with Gasteiger partial charge < -0.3 is 14.9 Å². The molecule has 0 bridgehead atoms. The van der Waals surface area contributed by atoms with Crippen molar-refractivity contribution in [2.75, 3.05) is 38.1 Å². The standard InChI is InChI=1S/C13H20N2O/c1-11(16)12-3-5-13(6-4-12)15-9-7-14(2)8-10-15/h3-6,11,16H,7-10H2,1-2H3/t11-/m1/s1. The highest BCUT2D eigenvalue weighted by atomic mass is 16.3. The molecule has 0 aliphatic carbocycles. The molecule has 1 aromatic carbocycles. The number of nitrogens with zero attached hydrogens (tertiary/aromatic N) is 2. The van der Waals surface area contributed by atoms with E-state index in [0.29, 0.717) is 0 Å². The summed E-state index contributed by atoms with van der Waals surface area (Å²) in [4.78, 5) is 4.74. The van der Waals surface area contributed by atoms with E-state index < -0.39 is 0 Å². The van der Waals surface area contributed by atoms with E-state index in [1.165, 1.54) is 5.69 Å². The van der Waals surface area contributed by atoms with Crippen molar-refractivity contribution in [1.82, 2.24) is 4.90 Å². The Morgan fingerprint density at radius 2 is 1.62 bits per heavy atom. The Hall–Kier alpha value is -1.06. The van der Waals surface area contributed by atoms with E-state index in [1.807, 2.05) is 12.1 Å². The zero-order chi connectivity index (χ0) is 11.5. The fourth-order valence-electron chi connectivity index (χ4n) is 2.03. The lowest BCUT2D eigenvalue weighted by molar-refractivity contribution is 0.199. The van der Waals surface area contributed by atoms with Crippen molar-refractivity contribution in [3.8, 4) is 0 Å². The van der Waals surface area contributed by atoms with Crippen LogP contribution in [0.25, 0.3) is 0 Å². The molecule has 1 heterocycles. The number of aliphatic hydroxyl groups excluding tert-OH is 1. The minimum Gasteiger partial charge on any atom is -0.389 e. The van der Waals surface area contributed by atoms with Gasteiger partial charge in [0.15, 0.2) is 0 Å². The molecule has 1 aliphatic heterocycles. The van der Waals surface area contributed by atoms with E-state index in [4.69, 9.17) is 0 Å². The first kappa shape index (κ1) is 11.4. The third-order valence-corrected chi connectivity index (χ3v) is 3.24. The summed E-state index contributed by atoms with van der Waals surface area (Å²) < 4.78 is 0. The Morgan fingerprint density at radius 1 is 1.06 bits per heavy atom. The van der Waals surface area contributed by atoms with Gasteiger partial charge >= 0.3 is 0 Å². The molecular weight excluding hydrogens is 200 g/mol. The molecule has 0 saturated carbocycles. The molecule has 1 saturated heterocycles. The molecule has 1 N–H and O–H groups in total. The molecule has 1 aliphatic rings. The maximum absolute atomic E-state index is 9.44. The van der Waals surface area contributed by atoms with Crippen LogP contribution in [0, 0.1) is 0 Å². The Labute approximate surface area is 97.3 Å². The zero-order valence-electron chi connectivity index (χ0n) is 10.1. The summed E-state index contributed by atoms with van der Waals surface area (Å²) in [5.74, 6) is 0. The normalized spacial score (nSPS) is 19.8. The number of aliphatic hydroxyl groups is 1. The number of likely N-dealkylation sites (N-methyl/N-ethyl adjacent to an activating group) is 1. The number of rotatable bonds is 2. The van der Waals surface area contributed by atoms with E-state index in [0.717, 1.165) is 31.7 Å². The zero-order valence-corrected chi connectivity index (χ0v) is 10.1. The first-order valence-electron chi connectivity index (χ1n) is 5.88. The summed E-state index contributed by atoms with van der Waals surface area (Å²) in [6.45, 7) is 6.22. The molecule has 0 spiro atoms. The minimum atomic E-state index is -0.374. The highest BCUT2D eigenvalue weighted by molar-refractivity contribution is 5.48. The second-order valence-electron chi connectivity index (χ2n) is 4.56. The van der Waals surface area contributed by atoms with E-state index in [9.17, 15) is 5.11 Å². The molecule has 3 nitrogen and oxygen atoms in total. The molecule has 1 fully saturated rings. The topological polar surface area (TPSA) is 26.7 Å². The van der Waals surface area contributed by atoms with Crippen LogP contribution in [0.3, 0.4) is 0 Å². The molecular formula is C13H20N2O. The molecule has 1 atom stereocenters. The third-order valence-electron chi connectivity index (χ3n) is 3.24.